The van der Waals surface area contributed by atoms with Crippen molar-refractivity contribution in [2.45, 2.75) is 18.9 Å². The second-order valence-electron chi connectivity index (χ2n) is 4.61. The SMILES string of the molecule is COC(=O)C(C)(N)Cc1cc2ccccc2cn1. The summed E-state index contributed by atoms with van der Waals surface area (Å²) >= 11 is 0. The number of pyridine rings is 1. The maximum Gasteiger partial charge on any atom is 0.325 e. The van der Waals surface area contributed by atoms with Gasteiger partial charge in [0, 0.05) is 23.7 Å². The molecule has 1 heterocycles. The fourth-order valence-electron chi connectivity index (χ4n) is 1.91. The molecule has 0 aliphatic heterocycles. The van der Waals surface area contributed by atoms with Crippen LogP contribution in [0.15, 0.2) is 36.5 Å². The number of aromatic nitrogens is 1. The van der Waals surface area contributed by atoms with Crippen LogP contribution in [0.5, 0.6) is 0 Å². The minimum Gasteiger partial charge on any atom is -0.468 e. The zero-order valence-corrected chi connectivity index (χ0v) is 10.5. The molecule has 4 nitrogen and oxygen atoms in total. The first kappa shape index (κ1) is 12.5. The Morgan fingerprint density at radius 3 is 2.72 bits per heavy atom. The molecule has 0 spiro atoms. The summed E-state index contributed by atoms with van der Waals surface area (Å²) in [7, 11) is 1.33. The summed E-state index contributed by atoms with van der Waals surface area (Å²) in [6, 6.07) is 9.88. The summed E-state index contributed by atoms with van der Waals surface area (Å²) in [5.41, 5.74) is 5.66. The zero-order valence-electron chi connectivity index (χ0n) is 10.5. The van der Waals surface area contributed by atoms with Gasteiger partial charge in [0.1, 0.15) is 5.54 Å². The lowest BCUT2D eigenvalue weighted by molar-refractivity contribution is -0.146. The highest BCUT2D eigenvalue weighted by Gasteiger charge is 2.30. The van der Waals surface area contributed by atoms with Crippen molar-refractivity contribution in [1.82, 2.24) is 4.98 Å². The average molecular weight is 244 g/mol. The van der Waals surface area contributed by atoms with Gasteiger partial charge in [-0.3, -0.25) is 9.78 Å². The van der Waals surface area contributed by atoms with E-state index in [4.69, 9.17) is 5.73 Å². The van der Waals surface area contributed by atoms with E-state index in [0.29, 0.717) is 6.42 Å². The molecule has 1 atom stereocenters. The van der Waals surface area contributed by atoms with Crippen molar-refractivity contribution in [1.29, 1.82) is 0 Å². The lowest BCUT2D eigenvalue weighted by Gasteiger charge is -2.20. The molecule has 1 unspecified atom stereocenters. The number of carbonyl (C=O) groups is 1. The third kappa shape index (κ3) is 2.49. The van der Waals surface area contributed by atoms with Crippen LogP contribution in [-0.2, 0) is 16.0 Å². The Balaban J connectivity index is 2.29. The van der Waals surface area contributed by atoms with Gasteiger partial charge in [-0.15, -0.1) is 0 Å². The molecule has 0 amide bonds. The maximum atomic E-state index is 11.5. The van der Waals surface area contributed by atoms with Crippen molar-refractivity contribution in [3.05, 3.63) is 42.2 Å². The Hall–Kier alpha value is -1.94. The number of nitrogens with two attached hydrogens (primary N) is 1. The summed E-state index contributed by atoms with van der Waals surface area (Å²) < 4.78 is 4.68. The van der Waals surface area contributed by atoms with Crippen LogP contribution in [0.4, 0.5) is 0 Å². The Labute approximate surface area is 106 Å². The van der Waals surface area contributed by atoms with Crippen LogP contribution in [0.1, 0.15) is 12.6 Å². The van der Waals surface area contributed by atoms with E-state index in [0.717, 1.165) is 16.5 Å². The predicted octanol–water partition coefficient (Wildman–Crippen LogP) is 1.67. The van der Waals surface area contributed by atoms with Crippen molar-refractivity contribution >= 4 is 16.7 Å². The van der Waals surface area contributed by atoms with E-state index in [1.807, 2.05) is 30.3 Å². The third-order valence-corrected chi connectivity index (χ3v) is 2.89. The summed E-state index contributed by atoms with van der Waals surface area (Å²) in [5, 5.41) is 2.15. The summed E-state index contributed by atoms with van der Waals surface area (Å²) in [6.07, 6.45) is 2.14. The first-order valence-corrected chi connectivity index (χ1v) is 5.74. The van der Waals surface area contributed by atoms with E-state index in [2.05, 4.69) is 9.72 Å². The Bertz CT molecular complexity index is 579. The van der Waals surface area contributed by atoms with Crippen molar-refractivity contribution in [3.8, 4) is 0 Å². The first-order valence-electron chi connectivity index (χ1n) is 5.74. The van der Waals surface area contributed by atoms with Gasteiger partial charge in [-0.1, -0.05) is 24.3 Å². The molecule has 2 N–H and O–H groups in total. The van der Waals surface area contributed by atoms with Crippen molar-refractivity contribution < 1.29 is 9.53 Å². The van der Waals surface area contributed by atoms with Crippen molar-refractivity contribution in [3.63, 3.8) is 0 Å². The van der Waals surface area contributed by atoms with Gasteiger partial charge < -0.3 is 10.5 Å². The number of hydrogen-bond acceptors (Lipinski definition) is 4. The number of ether oxygens (including phenoxy) is 1. The third-order valence-electron chi connectivity index (χ3n) is 2.89. The Morgan fingerprint density at radius 2 is 2.06 bits per heavy atom. The molecule has 0 saturated heterocycles. The van der Waals surface area contributed by atoms with Crippen LogP contribution in [0, 0.1) is 0 Å². The molecule has 0 saturated carbocycles. The van der Waals surface area contributed by atoms with E-state index < -0.39 is 11.5 Å². The number of benzene rings is 1. The van der Waals surface area contributed by atoms with Gasteiger partial charge in [0.25, 0.3) is 0 Å². The monoisotopic (exact) mass is 244 g/mol. The number of hydrogen-bond donors (Lipinski definition) is 1. The average Bonchev–Trinajstić information content (AvgIpc) is 2.37. The number of esters is 1. The minimum atomic E-state index is -1.05. The van der Waals surface area contributed by atoms with E-state index in [-0.39, 0.29) is 0 Å². The van der Waals surface area contributed by atoms with Gasteiger partial charge in [-0.25, -0.2) is 0 Å². The Kier molecular flexibility index (Phi) is 3.30. The highest BCUT2D eigenvalue weighted by Crippen LogP contribution is 2.17. The lowest BCUT2D eigenvalue weighted by Crippen LogP contribution is -2.47. The van der Waals surface area contributed by atoms with E-state index in [9.17, 15) is 4.79 Å². The van der Waals surface area contributed by atoms with E-state index in [1.165, 1.54) is 7.11 Å². The standard InChI is InChI=1S/C14H16N2O2/c1-14(15,13(17)18-2)8-12-7-10-5-3-4-6-11(10)9-16-12/h3-7,9H,8,15H2,1-2H3. The van der Waals surface area contributed by atoms with E-state index in [1.54, 1.807) is 13.1 Å². The normalized spacial score (nSPS) is 14.2. The van der Waals surface area contributed by atoms with Crippen LogP contribution < -0.4 is 5.73 Å². The molecule has 1 aromatic heterocycles. The molecular formula is C14H16N2O2. The Morgan fingerprint density at radius 1 is 1.39 bits per heavy atom. The van der Waals surface area contributed by atoms with Gasteiger partial charge in [-0.2, -0.15) is 0 Å². The minimum absolute atomic E-state index is 0.352. The molecule has 0 bridgehead atoms. The van der Waals surface area contributed by atoms with Gasteiger partial charge in [0.15, 0.2) is 0 Å². The molecule has 2 aromatic rings. The molecule has 0 aliphatic carbocycles. The number of carbonyl (C=O) groups excluding carboxylic acids is 1. The second kappa shape index (κ2) is 4.74. The molecule has 0 radical (unpaired) electrons. The maximum absolute atomic E-state index is 11.5. The van der Waals surface area contributed by atoms with Crippen LogP contribution in [-0.4, -0.2) is 23.6 Å². The predicted molar refractivity (Wildman–Crippen MR) is 70.1 cm³/mol. The summed E-state index contributed by atoms with van der Waals surface area (Å²) in [5.74, 6) is -0.433. The quantitative estimate of drug-likeness (QED) is 0.834. The molecule has 18 heavy (non-hydrogen) atoms. The lowest BCUT2D eigenvalue weighted by atomic mass is 9.96. The van der Waals surface area contributed by atoms with Gasteiger partial charge in [0.2, 0.25) is 0 Å². The van der Waals surface area contributed by atoms with Gasteiger partial charge in [0.05, 0.1) is 7.11 Å². The van der Waals surface area contributed by atoms with Crippen LogP contribution in [0.2, 0.25) is 0 Å². The first-order chi connectivity index (χ1) is 8.53. The summed E-state index contributed by atoms with van der Waals surface area (Å²) in [4.78, 5) is 15.8. The van der Waals surface area contributed by atoms with Crippen molar-refractivity contribution in [2.24, 2.45) is 5.73 Å². The molecule has 2 rings (SSSR count). The van der Waals surface area contributed by atoms with E-state index >= 15 is 0 Å². The largest absolute Gasteiger partial charge is 0.468 e. The second-order valence-corrected chi connectivity index (χ2v) is 4.61. The smallest absolute Gasteiger partial charge is 0.325 e. The molecule has 94 valence electrons. The number of rotatable bonds is 3. The summed E-state index contributed by atoms with van der Waals surface area (Å²) in [6.45, 7) is 1.65. The topological polar surface area (TPSA) is 65.2 Å². The van der Waals surface area contributed by atoms with Crippen LogP contribution in [0.3, 0.4) is 0 Å². The van der Waals surface area contributed by atoms with Gasteiger partial charge >= 0.3 is 5.97 Å². The zero-order chi connectivity index (χ0) is 13.2. The molecular weight excluding hydrogens is 228 g/mol. The van der Waals surface area contributed by atoms with Crippen molar-refractivity contribution in [2.75, 3.05) is 7.11 Å². The molecule has 0 fully saturated rings. The number of fused-ring (bicyclic) bond motifs is 1. The fraction of sp³-hybridized carbons (Fsp3) is 0.286. The number of nitrogens with zero attached hydrogens (tertiary/aromatic N) is 1. The van der Waals surface area contributed by atoms with Crippen LogP contribution in [0.25, 0.3) is 10.8 Å². The molecule has 0 aliphatic rings. The highest BCUT2D eigenvalue weighted by molar-refractivity contribution is 5.83. The number of methoxy groups -OCH3 is 1. The fourth-order valence-corrected chi connectivity index (χ4v) is 1.91. The highest BCUT2D eigenvalue weighted by atomic mass is 16.5. The van der Waals surface area contributed by atoms with Crippen LogP contribution >= 0.6 is 0 Å². The van der Waals surface area contributed by atoms with Gasteiger partial charge in [-0.05, 0) is 18.4 Å². The molecule has 4 heteroatoms. The molecule has 1 aromatic carbocycles.